The van der Waals surface area contributed by atoms with Crippen LogP contribution in [0.1, 0.15) is 16.1 Å². The Balaban J connectivity index is 2.00. The molecule has 1 aromatic heterocycles. The predicted molar refractivity (Wildman–Crippen MR) is 67.2 cm³/mol. The summed E-state index contributed by atoms with van der Waals surface area (Å²) in [5, 5.41) is 18.7. The van der Waals surface area contributed by atoms with Crippen molar-refractivity contribution in [3.05, 3.63) is 41.6 Å². The molecule has 0 spiro atoms. The third-order valence-electron chi connectivity index (χ3n) is 2.61. The van der Waals surface area contributed by atoms with E-state index in [0.29, 0.717) is 6.42 Å². The molecule has 7 heteroatoms. The summed E-state index contributed by atoms with van der Waals surface area (Å²) in [6.45, 7) is -0.189. The van der Waals surface area contributed by atoms with Gasteiger partial charge in [-0.15, -0.1) is 0 Å². The summed E-state index contributed by atoms with van der Waals surface area (Å²) in [5.41, 5.74) is 6.35. The van der Waals surface area contributed by atoms with Gasteiger partial charge in [-0.1, -0.05) is 30.3 Å². The summed E-state index contributed by atoms with van der Waals surface area (Å²) < 4.78 is 4.35. The van der Waals surface area contributed by atoms with Gasteiger partial charge in [0.15, 0.2) is 0 Å². The predicted octanol–water partition coefficient (Wildman–Crippen LogP) is -0.0148. The molecule has 4 N–H and O–H groups in total. The van der Waals surface area contributed by atoms with E-state index in [-0.39, 0.29) is 18.1 Å². The van der Waals surface area contributed by atoms with Crippen molar-refractivity contribution in [1.82, 2.24) is 15.6 Å². The van der Waals surface area contributed by atoms with E-state index in [2.05, 4.69) is 20.3 Å². The average Bonchev–Trinajstić information content (AvgIpc) is 2.85. The lowest BCUT2D eigenvalue weighted by Gasteiger charge is -2.15. The fraction of sp³-hybridized carbons (Fsp3) is 0.250. The van der Waals surface area contributed by atoms with Gasteiger partial charge in [-0.2, -0.15) is 0 Å². The lowest BCUT2D eigenvalue weighted by atomic mass is 10.1. The van der Waals surface area contributed by atoms with E-state index < -0.39 is 11.9 Å². The molecule has 2 rings (SSSR count). The Hall–Kier alpha value is -2.41. The van der Waals surface area contributed by atoms with Gasteiger partial charge in [-0.05, 0) is 22.3 Å². The third kappa shape index (κ3) is 3.29. The van der Waals surface area contributed by atoms with Crippen molar-refractivity contribution in [3.63, 3.8) is 0 Å². The highest BCUT2D eigenvalue weighted by Crippen LogP contribution is 2.06. The largest absolute Gasteiger partial charge is 0.394 e. The maximum Gasteiger partial charge on any atom is 0.277 e. The van der Waals surface area contributed by atoms with Gasteiger partial charge >= 0.3 is 0 Å². The maximum atomic E-state index is 11.8. The molecule has 100 valence electrons. The highest BCUT2D eigenvalue weighted by molar-refractivity contribution is 5.96. The van der Waals surface area contributed by atoms with Crippen LogP contribution >= 0.6 is 0 Å². The number of aliphatic hydroxyl groups is 1. The van der Waals surface area contributed by atoms with E-state index in [0.717, 1.165) is 5.56 Å². The molecule has 0 aliphatic heterocycles. The number of rotatable bonds is 5. The number of hydrogen-bond donors (Lipinski definition) is 3. The first-order chi connectivity index (χ1) is 9.20. The number of carbonyl (C=O) groups excluding carboxylic acids is 1. The molecule has 1 heterocycles. The smallest absolute Gasteiger partial charge is 0.277 e. The molecule has 1 aromatic carbocycles. The first kappa shape index (κ1) is 13.0. The van der Waals surface area contributed by atoms with Crippen molar-refractivity contribution >= 4 is 11.7 Å². The zero-order valence-corrected chi connectivity index (χ0v) is 10.1. The SMILES string of the molecule is Nc1nonc1C(=O)NC(CO)Cc1ccccc1. The zero-order valence-electron chi connectivity index (χ0n) is 10.1. The van der Waals surface area contributed by atoms with Gasteiger partial charge < -0.3 is 16.2 Å². The van der Waals surface area contributed by atoms with Crippen LogP contribution in [0.5, 0.6) is 0 Å². The van der Waals surface area contributed by atoms with Crippen LogP contribution in [0, 0.1) is 0 Å². The van der Waals surface area contributed by atoms with Crippen molar-refractivity contribution in [2.75, 3.05) is 12.3 Å². The molecule has 0 fully saturated rings. The molecule has 0 saturated carbocycles. The summed E-state index contributed by atoms with van der Waals surface area (Å²) in [6, 6.07) is 9.10. The van der Waals surface area contributed by atoms with Crippen LogP contribution in [0.25, 0.3) is 0 Å². The molecule has 19 heavy (non-hydrogen) atoms. The number of aromatic nitrogens is 2. The van der Waals surface area contributed by atoms with Crippen molar-refractivity contribution in [1.29, 1.82) is 0 Å². The standard InChI is InChI=1S/C12H14N4O3/c13-11-10(15-19-16-11)12(18)14-9(7-17)6-8-4-2-1-3-5-8/h1-5,9,17H,6-7H2,(H2,13,16)(H,14,18). The van der Waals surface area contributed by atoms with E-state index in [1.807, 2.05) is 30.3 Å². The Morgan fingerprint density at radius 2 is 2.11 bits per heavy atom. The molecule has 0 bridgehead atoms. The van der Waals surface area contributed by atoms with Crippen molar-refractivity contribution in [3.8, 4) is 0 Å². The van der Waals surface area contributed by atoms with E-state index in [1.165, 1.54) is 0 Å². The normalized spacial score (nSPS) is 12.1. The first-order valence-electron chi connectivity index (χ1n) is 5.74. The molecule has 2 aromatic rings. The lowest BCUT2D eigenvalue weighted by molar-refractivity contribution is 0.0907. The van der Waals surface area contributed by atoms with Crippen LogP contribution in [0.15, 0.2) is 35.0 Å². The number of nitrogen functional groups attached to an aromatic ring is 1. The zero-order chi connectivity index (χ0) is 13.7. The number of carbonyl (C=O) groups is 1. The molecule has 0 saturated heterocycles. The van der Waals surface area contributed by atoms with Gasteiger partial charge in [0.25, 0.3) is 5.91 Å². The molecule has 0 aliphatic carbocycles. The number of nitrogens with one attached hydrogen (secondary N) is 1. The van der Waals surface area contributed by atoms with Crippen molar-refractivity contribution < 1.29 is 14.5 Å². The Morgan fingerprint density at radius 3 is 2.68 bits per heavy atom. The van der Waals surface area contributed by atoms with Crippen molar-refractivity contribution in [2.24, 2.45) is 0 Å². The van der Waals surface area contributed by atoms with Gasteiger partial charge in [0.1, 0.15) is 0 Å². The molecular weight excluding hydrogens is 248 g/mol. The number of nitrogens with zero attached hydrogens (tertiary/aromatic N) is 2. The average molecular weight is 262 g/mol. The molecular formula is C12H14N4O3. The van der Waals surface area contributed by atoms with Crippen LogP contribution in [0.4, 0.5) is 5.82 Å². The molecule has 1 unspecified atom stereocenters. The summed E-state index contributed by atoms with van der Waals surface area (Å²) in [6.07, 6.45) is 0.508. The van der Waals surface area contributed by atoms with Gasteiger partial charge in [-0.25, -0.2) is 4.63 Å². The minimum Gasteiger partial charge on any atom is -0.394 e. The molecule has 1 amide bonds. The Kier molecular flexibility index (Phi) is 4.09. The highest BCUT2D eigenvalue weighted by Gasteiger charge is 2.19. The second-order valence-corrected chi connectivity index (χ2v) is 4.04. The van der Waals surface area contributed by atoms with Crippen LogP contribution in [-0.4, -0.2) is 34.0 Å². The number of nitrogens with two attached hydrogens (primary N) is 1. The first-order valence-corrected chi connectivity index (χ1v) is 5.74. The number of benzene rings is 1. The van der Waals surface area contributed by atoms with E-state index in [9.17, 15) is 9.90 Å². The summed E-state index contributed by atoms with van der Waals surface area (Å²) in [4.78, 5) is 11.8. The molecule has 0 radical (unpaired) electrons. The van der Waals surface area contributed by atoms with Gasteiger partial charge in [0, 0.05) is 0 Å². The summed E-state index contributed by atoms with van der Waals surface area (Å²) in [7, 11) is 0. The minimum atomic E-state index is -0.520. The van der Waals surface area contributed by atoms with E-state index in [1.54, 1.807) is 0 Å². The Labute approximate surface area is 109 Å². The fourth-order valence-corrected chi connectivity index (χ4v) is 1.67. The van der Waals surface area contributed by atoms with Gasteiger partial charge in [-0.3, -0.25) is 4.79 Å². The van der Waals surface area contributed by atoms with E-state index in [4.69, 9.17) is 5.73 Å². The second-order valence-electron chi connectivity index (χ2n) is 4.04. The molecule has 7 nitrogen and oxygen atoms in total. The summed E-state index contributed by atoms with van der Waals surface area (Å²) >= 11 is 0. The fourth-order valence-electron chi connectivity index (χ4n) is 1.67. The van der Waals surface area contributed by atoms with Gasteiger partial charge in [0.05, 0.1) is 12.6 Å². The molecule has 0 aliphatic rings. The molecule has 1 atom stereocenters. The Bertz CT molecular complexity index is 541. The number of anilines is 1. The van der Waals surface area contributed by atoms with Crippen LogP contribution in [-0.2, 0) is 6.42 Å². The quantitative estimate of drug-likeness (QED) is 0.698. The number of hydrogen-bond acceptors (Lipinski definition) is 6. The lowest BCUT2D eigenvalue weighted by Crippen LogP contribution is -2.39. The maximum absolute atomic E-state index is 11.8. The third-order valence-corrected chi connectivity index (χ3v) is 2.61. The van der Waals surface area contributed by atoms with Crippen LogP contribution < -0.4 is 11.1 Å². The van der Waals surface area contributed by atoms with Crippen LogP contribution in [0.3, 0.4) is 0 Å². The topological polar surface area (TPSA) is 114 Å². The monoisotopic (exact) mass is 262 g/mol. The van der Waals surface area contributed by atoms with Crippen LogP contribution in [0.2, 0.25) is 0 Å². The highest BCUT2D eigenvalue weighted by atomic mass is 16.6. The number of aliphatic hydroxyl groups excluding tert-OH is 1. The summed E-state index contributed by atoms with van der Waals surface area (Å²) in [5.74, 6) is -0.595. The van der Waals surface area contributed by atoms with E-state index >= 15 is 0 Å². The van der Waals surface area contributed by atoms with Gasteiger partial charge in [0.2, 0.25) is 11.5 Å². The van der Waals surface area contributed by atoms with Crippen molar-refractivity contribution in [2.45, 2.75) is 12.5 Å². The minimum absolute atomic E-state index is 0.0751. The Morgan fingerprint density at radius 1 is 1.37 bits per heavy atom. The second kappa shape index (κ2) is 5.96. The number of amides is 1.